The predicted octanol–water partition coefficient (Wildman–Crippen LogP) is 2.93. The first-order chi connectivity index (χ1) is 8.90. The van der Waals surface area contributed by atoms with Crippen LogP contribution in [0.1, 0.15) is 50.3 Å². The van der Waals surface area contributed by atoms with Crippen LogP contribution in [0.3, 0.4) is 0 Å². The second kappa shape index (κ2) is 5.45. The van der Waals surface area contributed by atoms with E-state index in [-0.39, 0.29) is 6.04 Å². The molecule has 0 bridgehead atoms. The Morgan fingerprint density at radius 1 is 1.28 bits per heavy atom. The maximum Gasteiger partial charge on any atom is 0.122 e. The van der Waals surface area contributed by atoms with Crippen molar-refractivity contribution in [1.29, 1.82) is 0 Å². The summed E-state index contributed by atoms with van der Waals surface area (Å²) in [6, 6.07) is 5.07. The first-order valence-corrected chi connectivity index (χ1v) is 7.39. The topological polar surface area (TPSA) is 42.4 Å². The lowest BCUT2D eigenvalue weighted by Gasteiger charge is -2.47. The van der Waals surface area contributed by atoms with Gasteiger partial charge < -0.3 is 10.2 Å². The van der Waals surface area contributed by atoms with E-state index in [2.05, 4.69) is 11.0 Å². The Morgan fingerprint density at radius 2 is 2.11 bits per heavy atom. The molecule has 2 heterocycles. The molecule has 3 atom stereocenters. The Hall–Kier alpha value is -0.800. The van der Waals surface area contributed by atoms with E-state index in [4.69, 9.17) is 10.2 Å². The highest BCUT2D eigenvalue weighted by Crippen LogP contribution is 2.39. The third kappa shape index (κ3) is 2.21. The number of furan rings is 1. The van der Waals surface area contributed by atoms with Crippen LogP contribution in [0.2, 0.25) is 0 Å². The summed E-state index contributed by atoms with van der Waals surface area (Å²) in [5, 5.41) is 0. The normalized spacial score (nSPS) is 30.9. The molecule has 3 unspecified atom stereocenters. The molecule has 1 aliphatic heterocycles. The lowest BCUT2D eigenvalue weighted by Crippen LogP contribution is -2.49. The van der Waals surface area contributed by atoms with Crippen LogP contribution < -0.4 is 5.73 Å². The van der Waals surface area contributed by atoms with Gasteiger partial charge in [0.2, 0.25) is 0 Å². The Morgan fingerprint density at radius 3 is 2.89 bits per heavy atom. The van der Waals surface area contributed by atoms with Gasteiger partial charge in [-0.25, -0.2) is 0 Å². The standard InChI is InChI=1S/C15H24N2O/c16-11-14(15-8-4-10-18-15)17-9-3-6-12-5-1-2-7-13(12)17/h4,8,10,12-14H,1-3,5-7,9,11,16H2. The van der Waals surface area contributed by atoms with Gasteiger partial charge in [-0.15, -0.1) is 0 Å². The number of fused-ring (bicyclic) bond motifs is 1. The summed E-state index contributed by atoms with van der Waals surface area (Å²) in [6.07, 6.45) is 10.1. The van der Waals surface area contributed by atoms with Crippen LogP contribution in [0.25, 0.3) is 0 Å². The minimum atomic E-state index is 0.283. The summed E-state index contributed by atoms with van der Waals surface area (Å²) in [5.41, 5.74) is 6.01. The SMILES string of the molecule is NCC(c1ccco1)N1CCCC2CCCCC21. The van der Waals surface area contributed by atoms with Crippen molar-refractivity contribution in [1.82, 2.24) is 4.90 Å². The molecule has 2 fully saturated rings. The van der Waals surface area contributed by atoms with Gasteiger partial charge in [-0.1, -0.05) is 12.8 Å². The molecule has 1 saturated heterocycles. The molecule has 1 aromatic heterocycles. The lowest BCUT2D eigenvalue weighted by atomic mass is 9.77. The maximum atomic E-state index is 6.01. The van der Waals surface area contributed by atoms with Crippen LogP contribution in [0, 0.1) is 5.92 Å². The Labute approximate surface area is 109 Å². The fourth-order valence-electron chi connectivity index (χ4n) is 3.95. The first kappa shape index (κ1) is 12.2. The van der Waals surface area contributed by atoms with E-state index >= 15 is 0 Å². The van der Waals surface area contributed by atoms with Crippen LogP contribution in [-0.4, -0.2) is 24.0 Å². The molecule has 100 valence electrons. The monoisotopic (exact) mass is 248 g/mol. The molecule has 18 heavy (non-hydrogen) atoms. The van der Waals surface area contributed by atoms with E-state index in [1.807, 2.05) is 6.07 Å². The summed E-state index contributed by atoms with van der Waals surface area (Å²) in [5.74, 6) is 1.94. The number of nitrogens with two attached hydrogens (primary N) is 1. The fourth-order valence-corrected chi connectivity index (χ4v) is 3.95. The smallest absolute Gasteiger partial charge is 0.122 e. The van der Waals surface area contributed by atoms with Gasteiger partial charge in [-0.05, 0) is 50.3 Å². The number of piperidine rings is 1. The number of hydrogen-bond donors (Lipinski definition) is 1. The van der Waals surface area contributed by atoms with Gasteiger partial charge in [0.25, 0.3) is 0 Å². The maximum absolute atomic E-state index is 6.01. The number of rotatable bonds is 3. The molecule has 1 aliphatic carbocycles. The Bertz CT molecular complexity index is 361. The molecule has 0 radical (unpaired) electrons. The van der Waals surface area contributed by atoms with E-state index in [0.717, 1.165) is 17.7 Å². The Kier molecular flexibility index (Phi) is 3.71. The van der Waals surface area contributed by atoms with Crippen molar-refractivity contribution >= 4 is 0 Å². The highest BCUT2D eigenvalue weighted by molar-refractivity contribution is 5.07. The van der Waals surface area contributed by atoms with Gasteiger partial charge in [0, 0.05) is 12.6 Å². The van der Waals surface area contributed by atoms with Crippen molar-refractivity contribution in [3.05, 3.63) is 24.2 Å². The van der Waals surface area contributed by atoms with E-state index in [0.29, 0.717) is 6.54 Å². The van der Waals surface area contributed by atoms with E-state index in [1.54, 1.807) is 6.26 Å². The molecular formula is C15H24N2O. The summed E-state index contributed by atoms with van der Waals surface area (Å²) in [4.78, 5) is 2.63. The minimum Gasteiger partial charge on any atom is -0.468 e. The highest BCUT2D eigenvalue weighted by atomic mass is 16.3. The van der Waals surface area contributed by atoms with Crippen LogP contribution in [0.15, 0.2) is 22.8 Å². The quantitative estimate of drug-likeness (QED) is 0.894. The van der Waals surface area contributed by atoms with Crippen LogP contribution >= 0.6 is 0 Å². The largest absolute Gasteiger partial charge is 0.468 e. The molecule has 1 aromatic rings. The van der Waals surface area contributed by atoms with Gasteiger partial charge in [0.15, 0.2) is 0 Å². The predicted molar refractivity (Wildman–Crippen MR) is 72.2 cm³/mol. The lowest BCUT2D eigenvalue weighted by molar-refractivity contribution is 0.0207. The van der Waals surface area contributed by atoms with Crippen LogP contribution in [0.4, 0.5) is 0 Å². The molecule has 2 aliphatic rings. The van der Waals surface area contributed by atoms with Gasteiger partial charge in [-0.2, -0.15) is 0 Å². The average molecular weight is 248 g/mol. The first-order valence-electron chi connectivity index (χ1n) is 7.39. The highest BCUT2D eigenvalue weighted by Gasteiger charge is 2.37. The Balaban J connectivity index is 1.80. The molecular weight excluding hydrogens is 224 g/mol. The molecule has 3 heteroatoms. The zero-order valence-corrected chi connectivity index (χ0v) is 11.1. The van der Waals surface area contributed by atoms with E-state index in [9.17, 15) is 0 Å². The van der Waals surface area contributed by atoms with E-state index < -0.39 is 0 Å². The summed E-state index contributed by atoms with van der Waals surface area (Å²) in [7, 11) is 0. The van der Waals surface area contributed by atoms with Crippen LogP contribution in [0.5, 0.6) is 0 Å². The van der Waals surface area contributed by atoms with Gasteiger partial charge in [-0.3, -0.25) is 4.90 Å². The van der Waals surface area contributed by atoms with Crippen LogP contribution in [-0.2, 0) is 0 Å². The van der Waals surface area contributed by atoms with Crippen molar-refractivity contribution in [2.45, 2.75) is 50.6 Å². The summed E-state index contributed by atoms with van der Waals surface area (Å²) < 4.78 is 5.60. The molecule has 0 spiro atoms. The number of hydrogen-bond acceptors (Lipinski definition) is 3. The number of likely N-dealkylation sites (tertiary alicyclic amines) is 1. The second-order valence-electron chi connectivity index (χ2n) is 5.76. The number of nitrogens with zero attached hydrogens (tertiary/aromatic N) is 1. The van der Waals surface area contributed by atoms with Crippen molar-refractivity contribution in [2.75, 3.05) is 13.1 Å². The zero-order valence-electron chi connectivity index (χ0n) is 11.1. The van der Waals surface area contributed by atoms with Gasteiger partial charge in [0.05, 0.1) is 12.3 Å². The third-order valence-corrected chi connectivity index (χ3v) is 4.78. The van der Waals surface area contributed by atoms with Crippen molar-refractivity contribution in [3.8, 4) is 0 Å². The third-order valence-electron chi connectivity index (χ3n) is 4.78. The zero-order chi connectivity index (χ0) is 12.4. The summed E-state index contributed by atoms with van der Waals surface area (Å²) in [6.45, 7) is 1.85. The van der Waals surface area contributed by atoms with Gasteiger partial charge in [0.1, 0.15) is 5.76 Å². The van der Waals surface area contributed by atoms with Crippen molar-refractivity contribution in [2.24, 2.45) is 11.7 Å². The second-order valence-corrected chi connectivity index (χ2v) is 5.76. The molecule has 3 rings (SSSR count). The summed E-state index contributed by atoms with van der Waals surface area (Å²) >= 11 is 0. The molecule has 2 N–H and O–H groups in total. The van der Waals surface area contributed by atoms with Crippen molar-refractivity contribution < 1.29 is 4.42 Å². The van der Waals surface area contributed by atoms with Gasteiger partial charge >= 0.3 is 0 Å². The molecule has 1 saturated carbocycles. The minimum absolute atomic E-state index is 0.283. The molecule has 0 amide bonds. The fraction of sp³-hybridized carbons (Fsp3) is 0.733. The average Bonchev–Trinajstić information content (AvgIpc) is 2.94. The molecule has 3 nitrogen and oxygen atoms in total. The van der Waals surface area contributed by atoms with E-state index in [1.165, 1.54) is 45.1 Å². The molecule has 0 aromatic carbocycles. The van der Waals surface area contributed by atoms with Crippen molar-refractivity contribution in [3.63, 3.8) is 0 Å².